The van der Waals surface area contributed by atoms with Crippen molar-refractivity contribution in [1.29, 1.82) is 0 Å². The van der Waals surface area contributed by atoms with Crippen molar-refractivity contribution >= 4 is 33.3 Å². The molecule has 0 spiro atoms. The third kappa shape index (κ3) is 3.65. The minimum absolute atomic E-state index is 0.376. The highest BCUT2D eigenvalue weighted by Gasteiger charge is 2.12. The molecule has 0 amide bonds. The average molecular weight is 292 g/mol. The van der Waals surface area contributed by atoms with E-state index in [2.05, 4.69) is 47.0 Å². The van der Waals surface area contributed by atoms with Crippen molar-refractivity contribution in [1.82, 2.24) is 4.98 Å². The fourth-order valence-electron chi connectivity index (χ4n) is 1.23. The number of aromatic nitrogens is 1. The summed E-state index contributed by atoms with van der Waals surface area (Å²) in [5.41, 5.74) is 0. The molecule has 84 valence electrons. The summed E-state index contributed by atoms with van der Waals surface area (Å²) in [6.45, 7) is 6.54. The standard InChI is InChI=1S/C11H16BrClN2/c1-4-7(2)8(3)15-11-10(13)5-9(12)6-14-11/h5-8H,4H2,1-3H3,(H,14,15). The van der Waals surface area contributed by atoms with Crippen molar-refractivity contribution in [2.24, 2.45) is 5.92 Å². The van der Waals surface area contributed by atoms with Crippen molar-refractivity contribution < 1.29 is 0 Å². The minimum atomic E-state index is 0.376. The number of nitrogens with zero attached hydrogens (tertiary/aromatic N) is 1. The lowest BCUT2D eigenvalue weighted by molar-refractivity contribution is 0.493. The summed E-state index contributed by atoms with van der Waals surface area (Å²) in [6.07, 6.45) is 2.89. The largest absolute Gasteiger partial charge is 0.366 e. The van der Waals surface area contributed by atoms with E-state index >= 15 is 0 Å². The third-order valence-electron chi connectivity index (χ3n) is 2.67. The average Bonchev–Trinajstić information content (AvgIpc) is 2.20. The zero-order valence-electron chi connectivity index (χ0n) is 9.22. The maximum absolute atomic E-state index is 6.07. The molecule has 2 nitrogen and oxygen atoms in total. The fraction of sp³-hybridized carbons (Fsp3) is 0.545. The van der Waals surface area contributed by atoms with E-state index in [1.807, 2.05) is 6.07 Å². The second-order valence-corrected chi connectivity index (χ2v) is 5.13. The van der Waals surface area contributed by atoms with Crippen LogP contribution in [0.5, 0.6) is 0 Å². The van der Waals surface area contributed by atoms with Crippen LogP contribution in [0.1, 0.15) is 27.2 Å². The van der Waals surface area contributed by atoms with Gasteiger partial charge in [-0.05, 0) is 34.8 Å². The van der Waals surface area contributed by atoms with E-state index < -0.39 is 0 Å². The van der Waals surface area contributed by atoms with Gasteiger partial charge < -0.3 is 5.32 Å². The summed E-state index contributed by atoms with van der Waals surface area (Å²) < 4.78 is 0.897. The maximum Gasteiger partial charge on any atom is 0.145 e. The van der Waals surface area contributed by atoms with Crippen LogP contribution in [-0.4, -0.2) is 11.0 Å². The molecule has 0 fully saturated rings. The molecule has 0 saturated carbocycles. The van der Waals surface area contributed by atoms with Crippen molar-refractivity contribution in [2.75, 3.05) is 5.32 Å². The quantitative estimate of drug-likeness (QED) is 0.892. The number of hydrogen-bond acceptors (Lipinski definition) is 2. The minimum Gasteiger partial charge on any atom is -0.366 e. The van der Waals surface area contributed by atoms with Gasteiger partial charge in [-0.2, -0.15) is 0 Å². The molecule has 0 saturated heterocycles. The highest BCUT2D eigenvalue weighted by molar-refractivity contribution is 9.10. The first-order chi connectivity index (χ1) is 7.04. The highest BCUT2D eigenvalue weighted by Crippen LogP contribution is 2.24. The van der Waals surface area contributed by atoms with Gasteiger partial charge in [0.05, 0.1) is 5.02 Å². The molecule has 4 heteroatoms. The molecule has 2 atom stereocenters. The SMILES string of the molecule is CCC(C)C(C)Nc1ncc(Br)cc1Cl. The molecular weight excluding hydrogens is 275 g/mol. The maximum atomic E-state index is 6.07. The molecule has 0 aromatic carbocycles. The number of rotatable bonds is 4. The van der Waals surface area contributed by atoms with Crippen LogP contribution in [0.15, 0.2) is 16.7 Å². The highest BCUT2D eigenvalue weighted by atomic mass is 79.9. The molecular formula is C11H16BrClN2. The molecule has 0 aliphatic carbocycles. The summed E-state index contributed by atoms with van der Waals surface area (Å²) >= 11 is 9.40. The van der Waals surface area contributed by atoms with E-state index in [9.17, 15) is 0 Å². The Bertz CT molecular complexity index is 330. The Morgan fingerprint density at radius 2 is 2.20 bits per heavy atom. The van der Waals surface area contributed by atoms with Gasteiger partial charge in [0, 0.05) is 16.7 Å². The third-order valence-corrected chi connectivity index (χ3v) is 3.39. The molecule has 0 radical (unpaired) electrons. The van der Waals surface area contributed by atoms with Gasteiger partial charge in [0.2, 0.25) is 0 Å². The van der Waals surface area contributed by atoms with Crippen molar-refractivity contribution in [3.05, 3.63) is 21.8 Å². The molecule has 0 aliphatic heterocycles. The Morgan fingerprint density at radius 3 is 2.73 bits per heavy atom. The number of halogens is 2. The predicted octanol–water partition coefficient (Wildman–Crippen LogP) is 4.34. The summed E-state index contributed by atoms with van der Waals surface area (Å²) in [7, 11) is 0. The van der Waals surface area contributed by atoms with Crippen LogP contribution in [0.3, 0.4) is 0 Å². The van der Waals surface area contributed by atoms with Crippen molar-refractivity contribution in [3.8, 4) is 0 Å². The van der Waals surface area contributed by atoms with Gasteiger partial charge in [0.1, 0.15) is 5.82 Å². The Hall–Kier alpha value is -0.280. The topological polar surface area (TPSA) is 24.9 Å². The summed E-state index contributed by atoms with van der Waals surface area (Å²) in [5, 5.41) is 3.98. The fourth-order valence-corrected chi connectivity index (χ4v) is 1.92. The Balaban J connectivity index is 2.72. The van der Waals surface area contributed by atoms with Gasteiger partial charge in [0.15, 0.2) is 0 Å². The van der Waals surface area contributed by atoms with E-state index in [4.69, 9.17) is 11.6 Å². The Labute approximate surface area is 105 Å². The first kappa shape index (κ1) is 12.8. The van der Waals surface area contributed by atoms with Crippen LogP contribution in [0.2, 0.25) is 5.02 Å². The molecule has 2 unspecified atom stereocenters. The molecule has 1 heterocycles. The van der Waals surface area contributed by atoms with E-state index in [0.29, 0.717) is 17.0 Å². The Morgan fingerprint density at radius 1 is 1.53 bits per heavy atom. The van der Waals surface area contributed by atoms with E-state index in [1.165, 1.54) is 0 Å². The smallest absolute Gasteiger partial charge is 0.145 e. The first-order valence-corrected chi connectivity index (χ1v) is 6.29. The lowest BCUT2D eigenvalue weighted by Crippen LogP contribution is -2.23. The summed E-state index contributed by atoms with van der Waals surface area (Å²) in [5.74, 6) is 1.36. The number of hydrogen-bond donors (Lipinski definition) is 1. The normalized spacial score (nSPS) is 14.7. The zero-order chi connectivity index (χ0) is 11.4. The second kappa shape index (κ2) is 5.71. The van der Waals surface area contributed by atoms with Crippen LogP contribution in [-0.2, 0) is 0 Å². The van der Waals surface area contributed by atoms with Gasteiger partial charge in [-0.1, -0.05) is 31.9 Å². The van der Waals surface area contributed by atoms with Crippen LogP contribution in [0.25, 0.3) is 0 Å². The van der Waals surface area contributed by atoms with E-state index in [-0.39, 0.29) is 0 Å². The monoisotopic (exact) mass is 290 g/mol. The van der Waals surface area contributed by atoms with Crippen molar-refractivity contribution in [2.45, 2.75) is 33.2 Å². The van der Waals surface area contributed by atoms with Gasteiger partial charge in [-0.25, -0.2) is 4.98 Å². The van der Waals surface area contributed by atoms with E-state index in [0.717, 1.165) is 16.7 Å². The molecule has 0 aliphatic rings. The van der Waals surface area contributed by atoms with Crippen LogP contribution >= 0.6 is 27.5 Å². The van der Waals surface area contributed by atoms with Crippen LogP contribution < -0.4 is 5.32 Å². The van der Waals surface area contributed by atoms with Crippen molar-refractivity contribution in [3.63, 3.8) is 0 Å². The molecule has 1 aromatic heterocycles. The lowest BCUT2D eigenvalue weighted by atomic mass is 10.0. The van der Waals surface area contributed by atoms with Gasteiger partial charge in [-0.3, -0.25) is 0 Å². The first-order valence-electron chi connectivity index (χ1n) is 5.12. The predicted molar refractivity (Wildman–Crippen MR) is 69.5 cm³/mol. The van der Waals surface area contributed by atoms with Crippen LogP contribution in [0.4, 0.5) is 5.82 Å². The molecule has 1 rings (SSSR count). The van der Waals surface area contributed by atoms with Gasteiger partial charge >= 0.3 is 0 Å². The Kier molecular flexibility index (Phi) is 4.87. The molecule has 1 aromatic rings. The number of pyridine rings is 1. The second-order valence-electron chi connectivity index (χ2n) is 3.80. The molecule has 1 N–H and O–H groups in total. The zero-order valence-corrected chi connectivity index (χ0v) is 11.6. The van der Waals surface area contributed by atoms with Crippen LogP contribution in [0, 0.1) is 5.92 Å². The number of anilines is 1. The van der Waals surface area contributed by atoms with E-state index in [1.54, 1.807) is 6.20 Å². The molecule has 0 bridgehead atoms. The number of nitrogens with one attached hydrogen (secondary N) is 1. The summed E-state index contributed by atoms with van der Waals surface area (Å²) in [4.78, 5) is 4.24. The summed E-state index contributed by atoms with van der Waals surface area (Å²) in [6, 6.07) is 2.22. The lowest BCUT2D eigenvalue weighted by Gasteiger charge is -2.20. The van der Waals surface area contributed by atoms with Gasteiger partial charge in [0.25, 0.3) is 0 Å². The van der Waals surface area contributed by atoms with Gasteiger partial charge in [-0.15, -0.1) is 0 Å². The molecule has 15 heavy (non-hydrogen) atoms.